The van der Waals surface area contributed by atoms with Crippen LogP contribution in [-0.2, 0) is 0 Å². The van der Waals surface area contributed by atoms with Crippen LogP contribution in [0.25, 0.3) is 10.8 Å². The van der Waals surface area contributed by atoms with E-state index in [2.05, 4.69) is 21.3 Å². The third-order valence-electron chi connectivity index (χ3n) is 5.15. The van der Waals surface area contributed by atoms with Crippen LogP contribution in [0.4, 0.5) is 5.69 Å². The van der Waals surface area contributed by atoms with Gasteiger partial charge in [-0.05, 0) is 42.5 Å². The number of nitrogens with zero attached hydrogens (tertiary/aromatic N) is 1. The van der Waals surface area contributed by atoms with E-state index in [1.54, 1.807) is 6.20 Å². The van der Waals surface area contributed by atoms with E-state index in [4.69, 9.17) is 0 Å². The van der Waals surface area contributed by atoms with Crippen LogP contribution in [0.2, 0.25) is 0 Å². The molecule has 1 aliphatic heterocycles. The lowest BCUT2D eigenvalue weighted by Crippen LogP contribution is -2.58. The fourth-order valence-corrected chi connectivity index (χ4v) is 3.87. The lowest BCUT2D eigenvalue weighted by atomic mass is 9.91. The Bertz CT molecular complexity index is 712. The number of H-pyrrole nitrogens is 1. The Morgan fingerprint density at radius 2 is 1.91 bits per heavy atom. The second kappa shape index (κ2) is 5.76. The maximum absolute atomic E-state index is 11.7. The van der Waals surface area contributed by atoms with E-state index in [9.17, 15) is 4.79 Å². The van der Waals surface area contributed by atoms with Crippen LogP contribution >= 0.6 is 0 Å². The molecule has 0 spiro atoms. The van der Waals surface area contributed by atoms with Crippen LogP contribution in [0.15, 0.2) is 35.3 Å². The van der Waals surface area contributed by atoms with E-state index in [0.717, 1.165) is 35.6 Å². The number of rotatable bonds is 3. The summed E-state index contributed by atoms with van der Waals surface area (Å²) in [7, 11) is 0. The fraction of sp³-hybridized carbons (Fsp3) is 0.500. The van der Waals surface area contributed by atoms with Gasteiger partial charge in [-0.2, -0.15) is 0 Å². The number of aromatic nitrogens is 1. The normalized spacial score (nSPS) is 20.9. The smallest absolute Gasteiger partial charge is 0.255 e. The predicted octanol–water partition coefficient (Wildman–Crippen LogP) is 2.96. The minimum Gasteiger partial charge on any atom is -0.380 e. The second-order valence-corrected chi connectivity index (χ2v) is 6.70. The molecule has 2 fully saturated rings. The van der Waals surface area contributed by atoms with Crippen molar-refractivity contribution in [1.82, 2.24) is 9.88 Å². The van der Waals surface area contributed by atoms with E-state index in [1.807, 2.05) is 18.2 Å². The molecule has 116 valence electrons. The number of hydrogen-bond acceptors (Lipinski definition) is 3. The highest BCUT2D eigenvalue weighted by Crippen LogP contribution is 2.27. The van der Waals surface area contributed by atoms with E-state index < -0.39 is 0 Å². The van der Waals surface area contributed by atoms with Gasteiger partial charge in [0, 0.05) is 36.4 Å². The molecule has 1 saturated heterocycles. The van der Waals surface area contributed by atoms with Gasteiger partial charge >= 0.3 is 0 Å². The number of likely N-dealkylation sites (tertiary alicyclic amines) is 1. The number of anilines is 1. The van der Waals surface area contributed by atoms with Crippen LogP contribution < -0.4 is 10.9 Å². The van der Waals surface area contributed by atoms with Crippen molar-refractivity contribution in [3.05, 3.63) is 40.8 Å². The zero-order valence-electron chi connectivity index (χ0n) is 12.8. The van der Waals surface area contributed by atoms with Crippen molar-refractivity contribution in [3.63, 3.8) is 0 Å². The molecule has 2 aliphatic rings. The Morgan fingerprint density at radius 3 is 2.73 bits per heavy atom. The summed E-state index contributed by atoms with van der Waals surface area (Å²) < 4.78 is 0. The zero-order chi connectivity index (χ0) is 14.9. The van der Waals surface area contributed by atoms with Gasteiger partial charge in [0.25, 0.3) is 5.56 Å². The molecule has 0 radical (unpaired) electrons. The maximum Gasteiger partial charge on any atom is 0.255 e. The van der Waals surface area contributed by atoms with Gasteiger partial charge in [-0.1, -0.05) is 19.3 Å². The SMILES string of the molecule is O=c1[nH]ccc2cc(NC3CN(C4CCCCC4)C3)ccc12. The molecule has 2 N–H and O–H groups in total. The quantitative estimate of drug-likeness (QED) is 0.915. The Kier molecular flexibility index (Phi) is 3.62. The largest absolute Gasteiger partial charge is 0.380 e. The topological polar surface area (TPSA) is 48.1 Å². The molecule has 4 rings (SSSR count). The molecular weight excluding hydrogens is 274 g/mol. The molecule has 0 unspecified atom stereocenters. The predicted molar refractivity (Wildman–Crippen MR) is 90.4 cm³/mol. The summed E-state index contributed by atoms with van der Waals surface area (Å²) in [5.74, 6) is 0. The molecule has 0 atom stereocenters. The summed E-state index contributed by atoms with van der Waals surface area (Å²) in [6.07, 6.45) is 8.69. The first-order chi connectivity index (χ1) is 10.8. The third kappa shape index (κ3) is 2.63. The van der Waals surface area contributed by atoms with Gasteiger partial charge in [0.05, 0.1) is 6.04 Å². The molecule has 1 saturated carbocycles. The highest BCUT2D eigenvalue weighted by molar-refractivity contribution is 5.84. The van der Waals surface area contributed by atoms with Crippen molar-refractivity contribution in [2.24, 2.45) is 0 Å². The Labute approximate surface area is 130 Å². The molecule has 2 aromatic rings. The molecule has 1 aromatic carbocycles. The van der Waals surface area contributed by atoms with Crippen LogP contribution in [-0.4, -0.2) is 35.1 Å². The highest BCUT2D eigenvalue weighted by Gasteiger charge is 2.32. The minimum absolute atomic E-state index is 0.0174. The summed E-state index contributed by atoms with van der Waals surface area (Å²) in [5.41, 5.74) is 1.10. The number of fused-ring (bicyclic) bond motifs is 1. The summed E-state index contributed by atoms with van der Waals surface area (Å²) >= 11 is 0. The Morgan fingerprint density at radius 1 is 1.09 bits per heavy atom. The first-order valence-electron chi connectivity index (χ1n) is 8.42. The zero-order valence-corrected chi connectivity index (χ0v) is 12.8. The fourth-order valence-electron chi connectivity index (χ4n) is 3.87. The Balaban J connectivity index is 1.39. The Hall–Kier alpha value is -1.81. The van der Waals surface area contributed by atoms with Gasteiger partial charge in [0.15, 0.2) is 0 Å². The molecule has 0 amide bonds. The number of nitrogens with one attached hydrogen (secondary N) is 2. The van der Waals surface area contributed by atoms with E-state index in [0.29, 0.717) is 6.04 Å². The summed E-state index contributed by atoms with van der Waals surface area (Å²) in [6, 6.07) is 9.32. The average molecular weight is 297 g/mol. The number of aromatic amines is 1. The number of benzene rings is 1. The summed E-state index contributed by atoms with van der Waals surface area (Å²) in [5, 5.41) is 5.36. The number of pyridine rings is 1. The van der Waals surface area contributed by atoms with Gasteiger partial charge in [0.1, 0.15) is 0 Å². The van der Waals surface area contributed by atoms with Crippen molar-refractivity contribution >= 4 is 16.5 Å². The van der Waals surface area contributed by atoms with Crippen LogP contribution in [0.1, 0.15) is 32.1 Å². The van der Waals surface area contributed by atoms with Crippen molar-refractivity contribution in [1.29, 1.82) is 0 Å². The van der Waals surface area contributed by atoms with Crippen LogP contribution in [0.3, 0.4) is 0 Å². The van der Waals surface area contributed by atoms with Gasteiger partial charge in [-0.25, -0.2) is 0 Å². The van der Waals surface area contributed by atoms with Crippen molar-refractivity contribution < 1.29 is 0 Å². The van der Waals surface area contributed by atoms with E-state index in [1.165, 1.54) is 32.1 Å². The van der Waals surface area contributed by atoms with E-state index >= 15 is 0 Å². The third-order valence-corrected chi connectivity index (χ3v) is 5.15. The second-order valence-electron chi connectivity index (χ2n) is 6.70. The standard InChI is InChI=1S/C18H23N3O/c22-18-17-7-6-14(10-13(17)8-9-19-18)20-15-11-21(12-15)16-4-2-1-3-5-16/h6-10,15-16,20H,1-5,11-12H2,(H,19,22). The van der Waals surface area contributed by atoms with E-state index in [-0.39, 0.29) is 5.56 Å². The summed E-state index contributed by atoms with van der Waals surface area (Å²) in [4.78, 5) is 17.1. The maximum atomic E-state index is 11.7. The molecule has 1 aromatic heterocycles. The monoisotopic (exact) mass is 297 g/mol. The van der Waals surface area contributed by atoms with Gasteiger partial charge in [-0.3, -0.25) is 9.69 Å². The molecule has 22 heavy (non-hydrogen) atoms. The first-order valence-corrected chi connectivity index (χ1v) is 8.42. The average Bonchev–Trinajstić information content (AvgIpc) is 2.51. The molecule has 4 nitrogen and oxygen atoms in total. The molecular formula is C18H23N3O. The van der Waals surface area contributed by atoms with Crippen molar-refractivity contribution in [2.45, 2.75) is 44.2 Å². The highest BCUT2D eigenvalue weighted by atomic mass is 16.1. The van der Waals surface area contributed by atoms with Crippen LogP contribution in [0.5, 0.6) is 0 Å². The molecule has 4 heteroatoms. The molecule has 2 heterocycles. The van der Waals surface area contributed by atoms with Gasteiger partial charge in [0.2, 0.25) is 0 Å². The van der Waals surface area contributed by atoms with Gasteiger partial charge < -0.3 is 10.3 Å². The minimum atomic E-state index is -0.0174. The number of hydrogen-bond donors (Lipinski definition) is 2. The molecule has 1 aliphatic carbocycles. The van der Waals surface area contributed by atoms with Crippen LogP contribution in [0, 0.1) is 0 Å². The molecule has 0 bridgehead atoms. The van der Waals surface area contributed by atoms with Crippen molar-refractivity contribution in [3.8, 4) is 0 Å². The lowest BCUT2D eigenvalue weighted by Gasteiger charge is -2.46. The first kappa shape index (κ1) is 13.8. The lowest BCUT2D eigenvalue weighted by molar-refractivity contribution is 0.0788. The van der Waals surface area contributed by atoms with Crippen molar-refractivity contribution in [2.75, 3.05) is 18.4 Å². The van der Waals surface area contributed by atoms with Gasteiger partial charge in [-0.15, -0.1) is 0 Å². The summed E-state index contributed by atoms with van der Waals surface area (Å²) in [6.45, 7) is 2.30.